The van der Waals surface area contributed by atoms with Crippen molar-refractivity contribution < 1.29 is 0 Å². The van der Waals surface area contributed by atoms with E-state index in [1.807, 2.05) is 0 Å². The summed E-state index contributed by atoms with van der Waals surface area (Å²) in [5.74, 6) is 0. The monoisotopic (exact) mass is 679 g/mol. The van der Waals surface area contributed by atoms with Crippen LogP contribution in [0.4, 0.5) is 0 Å². The summed E-state index contributed by atoms with van der Waals surface area (Å²) in [5, 5.41) is 0. The summed E-state index contributed by atoms with van der Waals surface area (Å²) in [6.45, 7) is 8.90. The third-order valence-corrected chi connectivity index (χ3v) is 11.2. The highest BCUT2D eigenvalue weighted by Gasteiger charge is 2.38. The third-order valence-electron chi connectivity index (χ3n) is 11.2. The number of hydrogen-bond acceptors (Lipinski definition) is 0. The molecule has 0 heterocycles. The van der Waals surface area contributed by atoms with Crippen LogP contribution in [-0.4, -0.2) is 6.15 Å². The zero-order valence-corrected chi connectivity index (χ0v) is 31.1. The highest BCUT2D eigenvalue weighted by Crippen LogP contribution is 2.45. The van der Waals surface area contributed by atoms with E-state index in [1.165, 1.54) is 88.6 Å². The fourth-order valence-corrected chi connectivity index (χ4v) is 8.71. The largest absolute Gasteiger partial charge is 0.195 e. The normalized spacial score (nSPS) is 11.4. The molecule has 0 saturated heterocycles. The molecule has 0 spiro atoms. The van der Waals surface area contributed by atoms with Crippen molar-refractivity contribution >= 4 is 28.0 Å². The lowest BCUT2D eigenvalue weighted by Crippen LogP contribution is -2.75. The predicted octanol–water partition coefficient (Wildman–Crippen LogP) is 11.0. The molecule has 8 aromatic rings. The molecule has 0 radical (unpaired) electrons. The average molecular weight is 680 g/mol. The van der Waals surface area contributed by atoms with Crippen molar-refractivity contribution in [3.05, 3.63) is 216 Å². The van der Waals surface area contributed by atoms with E-state index in [9.17, 15) is 0 Å². The Bertz CT molecular complexity index is 2250. The van der Waals surface area contributed by atoms with Crippen LogP contribution in [-0.2, 0) is 0 Å². The van der Waals surface area contributed by atoms with E-state index in [0.717, 1.165) is 0 Å². The van der Waals surface area contributed by atoms with Crippen LogP contribution in [0.5, 0.6) is 0 Å². The molecule has 0 amide bonds. The van der Waals surface area contributed by atoms with Crippen LogP contribution >= 0.6 is 0 Å². The molecule has 256 valence electrons. The van der Waals surface area contributed by atoms with Crippen LogP contribution in [0.25, 0.3) is 44.5 Å². The lowest BCUT2D eigenvalue weighted by molar-refractivity contribution is 1.44. The Labute approximate surface area is 315 Å². The minimum absolute atomic E-state index is 1.21. The van der Waals surface area contributed by atoms with Gasteiger partial charge in [-0.2, -0.15) is 21.9 Å². The molecule has 1 heteroatoms. The second kappa shape index (κ2) is 14.4. The van der Waals surface area contributed by atoms with Gasteiger partial charge in [0.05, 0.1) is 0 Å². The first-order chi connectivity index (χ1) is 26.0. The molecule has 0 atom stereocenters. The Morgan fingerprint density at radius 1 is 0.264 bits per heavy atom. The van der Waals surface area contributed by atoms with Gasteiger partial charge in [-0.1, -0.05) is 211 Å². The molecule has 0 aliphatic heterocycles. The van der Waals surface area contributed by atoms with Crippen molar-refractivity contribution in [2.45, 2.75) is 27.7 Å². The van der Waals surface area contributed by atoms with E-state index in [0.29, 0.717) is 0 Å². The van der Waals surface area contributed by atoms with Crippen molar-refractivity contribution in [2.24, 2.45) is 0 Å². The van der Waals surface area contributed by atoms with Crippen LogP contribution < -0.4 is 21.9 Å². The van der Waals surface area contributed by atoms with Crippen molar-refractivity contribution in [1.82, 2.24) is 0 Å². The van der Waals surface area contributed by atoms with Crippen LogP contribution in [0.2, 0.25) is 0 Å². The predicted molar refractivity (Wildman–Crippen MR) is 231 cm³/mol. The summed E-state index contributed by atoms with van der Waals surface area (Å²) >= 11 is 0. The zero-order valence-electron chi connectivity index (χ0n) is 31.1. The minimum Gasteiger partial charge on any atom is -0.195 e. The molecule has 0 N–H and O–H groups in total. The van der Waals surface area contributed by atoms with Gasteiger partial charge in [0.15, 0.2) is 0 Å². The van der Waals surface area contributed by atoms with E-state index in [-0.39, 0.29) is 0 Å². The topological polar surface area (TPSA) is 0 Å². The maximum absolute atomic E-state index is 2.39. The molecule has 53 heavy (non-hydrogen) atoms. The highest BCUT2D eigenvalue weighted by molar-refractivity contribution is 7.21. The smallest absolute Gasteiger partial charge is 0.109 e. The van der Waals surface area contributed by atoms with E-state index in [1.54, 1.807) is 0 Å². The van der Waals surface area contributed by atoms with Crippen molar-refractivity contribution in [3.63, 3.8) is 0 Å². The van der Waals surface area contributed by atoms with Crippen molar-refractivity contribution in [1.29, 1.82) is 0 Å². The summed E-state index contributed by atoms with van der Waals surface area (Å²) < 4.78 is 0. The average Bonchev–Trinajstić information content (AvgIpc) is 3.21. The van der Waals surface area contributed by atoms with Crippen molar-refractivity contribution in [3.8, 4) is 44.5 Å². The van der Waals surface area contributed by atoms with E-state index >= 15 is 0 Å². The minimum atomic E-state index is -1.83. The number of aryl methyl sites for hydroxylation is 3. The Balaban J connectivity index is 1.74. The summed E-state index contributed by atoms with van der Waals surface area (Å²) in [7, 11) is 0. The molecular weight excluding hydrogens is 635 g/mol. The molecule has 0 bridgehead atoms. The standard InChI is InChI=1S/C52H44B/c1-37-25-31-45(32-26-37)53(46-33-27-38(2)28-34-46,47-35-29-39(3)30-36-47)52-50(43-21-13-7-14-22-43)48(41-17-9-5-10-18-41)40(4)49(42-19-11-6-12-20-42)51(52)44-23-15-8-16-24-44/h5-36H,1-4H3/q-1. The lowest BCUT2D eigenvalue weighted by atomic mass is 9.12. The number of benzene rings is 8. The molecule has 8 rings (SSSR count). The molecule has 0 aliphatic rings. The molecule has 0 aliphatic carbocycles. The first-order valence-corrected chi connectivity index (χ1v) is 18.8. The fraction of sp³-hybridized carbons (Fsp3) is 0.0769. The summed E-state index contributed by atoms with van der Waals surface area (Å²) in [6, 6.07) is 72.5. The van der Waals surface area contributed by atoms with Gasteiger partial charge in [0.2, 0.25) is 0 Å². The van der Waals surface area contributed by atoms with Crippen LogP contribution in [0.3, 0.4) is 0 Å². The van der Waals surface area contributed by atoms with Gasteiger partial charge in [-0.25, -0.2) is 0 Å². The van der Waals surface area contributed by atoms with Gasteiger partial charge in [-0.3, -0.25) is 0 Å². The Hall–Kier alpha value is -6.18. The van der Waals surface area contributed by atoms with Gasteiger partial charge in [0, 0.05) is 0 Å². The first-order valence-electron chi connectivity index (χ1n) is 18.8. The third kappa shape index (κ3) is 6.13. The van der Waals surface area contributed by atoms with Gasteiger partial charge in [0.1, 0.15) is 6.15 Å². The van der Waals surface area contributed by atoms with Crippen LogP contribution in [0.15, 0.2) is 194 Å². The van der Waals surface area contributed by atoms with Crippen molar-refractivity contribution in [2.75, 3.05) is 0 Å². The van der Waals surface area contributed by atoms with E-state index in [4.69, 9.17) is 0 Å². The Morgan fingerprint density at radius 3 is 0.774 bits per heavy atom. The SMILES string of the molecule is Cc1ccc([B-](c2ccc(C)cc2)(c2ccc(C)cc2)c2c(-c3ccccc3)c(-c3ccccc3)c(C)c(-c3ccccc3)c2-c2ccccc2)cc1. The summed E-state index contributed by atoms with van der Waals surface area (Å²) in [4.78, 5) is 0. The second-order valence-corrected chi connectivity index (χ2v) is 14.6. The van der Waals surface area contributed by atoms with Crippen LogP contribution in [0, 0.1) is 27.7 Å². The van der Waals surface area contributed by atoms with Gasteiger partial charge >= 0.3 is 0 Å². The molecule has 0 unspecified atom stereocenters. The Kier molecular flexibility index (Phi) is 9.25. The van der Waals surface area contributed by atoms with Gasteiger partial charge in [0.25, 0.3) is 0 Å². The van der Waals surface area contributed by atoms with Crippen LogP contribution in [0.1, 0.15) is 22.3 Å². The van der Waals surface area contributed by atoms with Gasteiger partial charge < -0.3 is 0 Å². The number of rotatable bonds is 8. The highest BCUT2D eigenvalue weighted by atomic mass is 14.3. The molecule has 0 aromatic heterocycles. The molecular formula is C52H44B-. The lowest BCUT2D eigenvalue weighted by Gasteiger charge is -2.48. The summed E-state index contributed by atoms with van der Waals surface area (Å²) in [5.41, 5.74) is 20.1. The molecule has 8 aromatic carbocycles. The first kappa shape index (κ1) is 33.9. The fourth-order valence-electron chi connectivity index (χ4n) is 8.71. The maximum atomic E-state index is 2.39. The van der Waals surface area contributed by atoms with Gasteiger partial charge in [-0.15, -0.1) is 0 Å². The quantitative estimate of drug-likeness (QED) is 0.140. The number of hydrogen-bond donors (Lipinski definition) is 0. The maximum Gasteiger partial charge on any atom is 0.109 e. The molecule has 0 nitrogen and oxygen atoms in total. The second-order valence-electron chi connectivity index (χ2n) is 14.6. The Morgan fingerprint density at radius 2 is 0.509 bits per heavy atom. The molecule has 0 saturated carbocycles. The van der Waals surface area contributed by atoms with E-state index in [2.05, 4.69) is 222 Å². The zero-order chi connectivity index (χ0) is 36.4. The van der Waals surface area contributed by atoms with E-state index < -0.39 is 6.15 Å². The molecule has 0 fully saturated rings. The summed E-state index contributed by atoms with van der Waals surface area (Å²) in [6.07, 6.45) is -1.83. The van der Waals surface area contributed by atoms with Gasteiger partial charge in [-0.05, 0) is 77.8 Å².